The Hall–Kier alpha value is -1.76. The zero-order valence-corrected chi connectivity index (χ0v) is 15.2. The molecule has 8 heteroatoms. The number of carbonyl (C=O) groups excluding carboxylic acids is 1. The summed E-state index contributed by atoms with van der Waals surface area (Å²) in [6, 6.07) is 13.2. The zero-order valence-electron chi connectivity index (χ0n) is 12.9. The van der Waals surface area contributed by atoms with Crippen LogP contribution >= 0.6 is 23.2 Å². The second kappa shape index (κ2) is 7.88. The minimum Gasteiger partial charge on any atom is -0.326 e. The molecule has 0 atom stereocenters. The number of nitrogens with zero attached hydrogens (tertiary/aromatic N) is 1. The molecule has 128 valence electrons. The topological polar surface area (TPSA) is 66.5 Å². The molecule has 0 aliphatic heterocycles. The van der Waals surface area contributed by atoms with Crippen LogP contribution in [0.2, 0.25) is 10.0 Å². The van der Waals surface area contributed by atoms with Crippen LogP contribution in [0.3, 0.4) is 0 Å². The van der Waals surface area contributed by atoms with E-state index in [1.54, 1.807) is 42.5 Å². The third-order valence-corrected chi connectivity index (χ3v) is 4.81. The van der Waals surface area contributed by atoms with Crippen molar-refractivity contribution in [3.8, 4) is 0 Å². The van der Waals surface area contributed by atoms with Gasteiger partial charge in [-0.1, -0.05) is 35.3 Å². The van der Waals surface area contributed by atoms with E-state index in [0.717, 1.165) is 10.6 Å². The Morgan fingerprint density at radius 2 is 1.71 bits per heavy atom. The van der Waals surface area contributed by atoms with Gasteiger partial charge in [0.05, 0.1) is 11.9 Å². The second-order valence-corrected chi connectivity index (χ2v) is 7.90. The van der Waals surface area contributed by atoms with Crippen LogP contribution in [0.1, 0.15) is 6.42 Å². The van der Waals surface area contributed by atoms with E-state index < -0.39 is 10.0 Å². The predicted octanol–water partition coefficient (Wildman–Crippen LogP) is 3.79. The molecule has 2 aromatic rings. The summed E-state index contributed by atoms with van der Waals surface area (Å²) in [6.45, 7) is 0.00553. The van der Waals surface area contributed by atoms with Crippen LogP contribution in [0.5, 0.6) is 0 Å². The van der Waals surface area contributed by atoms with Gasteiger partial charge in [-0.2, -0.15) is 0 Å². The molecule has 2 rings (SSSR count). The molecule has 0 radical (unpaired) electrons. The van der Waals surface area contributed by atoms with Crippen LogP contribution in [0.25, 0.3) is 0 Å². The number of hydrogen-bond donors (Lipinski definition) is 1. The lowest BCUT2D eigenvalue weighted by Gasteiger charge is -2.22. The lowest BCUT2D eigenvalue weighted by molar-refractivity contribution is -0.116. The highest BCUT2D eigenvalue weighted by atomic mass is 35.5. The van der Waals surface area contributed by atoms with E-state index in [1.165, 1.54) is 6.07 Å². The third kappa shape index (κ3) is 5.40. The predicted molar refractivity (Wildman–Crippen MR) is 98.3 cm³/mol. The van der Waals surface area contributed by atoms with Crippen LogP contribution in [-0.4, -0.2) is 27.1 Å². The highest BCUT2D eigenvalue weighted by Crippen LogP contribution is 2.22. The highest BCUT2D eigenvalue weighted by molar-refractivity contribution is 7.92. The molecular formula is C16H16Cl2N2O3S. The fraction of sp³-hybridized carbons (Fsp3) is 0.188. The van der Waals surface area contributed by atoms with Crippen molar-refractivity contribution in [1.82, 2.24) is 0 Å². The van der Waals surface area contributed by atoms with Crippen LogP contribution in [0, 0.1) is 0 Å². The number of sulfonamides is 1. The van der Waals surface area contributed by atoms with Gasteiger partial charge in [0.25, 0.3) is 0 Å². The molecule has 0 aromatic heterocycles. The van der Waals surface area contributed by atoms with Crippen molar-refractivity contribution in [3.63, 3.8) is 0 Å². The fourth-order valence-corrected chi connectivity index (χ4v) is 3.40. The first kappa shape index (κ1) is 18.6. The van der Waals surface area contributed by atoms with E-state index in [9.17, 15) is 13.2 Å². The second-order valence-electron chi connectivity index (χ2n) is 5.12. The molecule has 24 heavy (non-hydrogen) atoms. The van der Waals surface area contributed by atoms with Gasteiger partial charge in [-0.3, -0.25) is 9.10 Å². The monoisotopic (exact) mass is 386 g/mol. The minimum absolute atomic E-state index is 0.00553. The largest absolute Gasteiger partial charge is 0.326 e. The first-order chi connectivity index (χ1) is 11.3. The molecule has 0 fully saturated rings. The molecular weight excluding hydrogens is 371 g/mol. The van der Waals surface area contributed by atoms with Crippen LogP contribution in [-0.2, 0) is 14.8 Å². The van der Waals surface area contributed by atoms with Gasteiger partial charge in [0.1, 0.15) is 0 Å². The Labute approximate surface area is 151 Å². The molecule has 0 saturated heterocycles. The summed E-state index contributed by atoms with van der Waals surface area (Å²) in [7, 11) is -3.54. The molecule has 0 spiro atoms. The maximum Gasteiger partial charge on any atom is 0.232 e. The Morgan fingerprint density at radius 1 is 1.08 bits per heavy atom. The summed E-state index contributed by atoms with van der Waals surface area (Å²) >= 11 is 11.8. The number of rotatable bonds is 6. The minimum atomic E-state index is -3.54. The van der Waals surface area contributed by atoms with Gasteiger partial charge in [-0.15, -0.1) is 0 Å². The summed E-state index contributed by atoms with van der Waals surface area (Å²) in [4.78, 5) is 12.1. The SMILES string of the molecule is CS(=O)(=O)N(CCC(=O)Nc1cccc(Cl)c1)c1cccc(Cl)c1. The Balaban J connectivity index is 2.07. The van der Waals surface area contributed by atoms with E-state index in [-0.39, 0.29) is 18.9 Å². The van der Waals surface area contributed by atoms with Crippen molar-refractivity contribution in [3.05, 3.63) is 58.6 Å². The van der Waals surface area contributed by atoms with Crippen LogP contribution in [0.15, 0.2) is 48.5 Å². The first-order valence-electron chi connectivity index (χ1n) is 7.04. The van der Waals surface area contributed by atoms with Crippen molar-refractivity contribution < 1.29 is 13.2 Å². The lowest BCUT2D eigenvalue weighted by atomic mass is 10.3. The lowest BCUT2D eigenvalue weighted by Crippen LogP contribution is -2.33. The molecule has 1 N–H and O–H groups in total. The molecule has 0 unspecified atom stereocenters. The normalized spacial score (nSPS) is 11.1. The zero-order chi connectivity index (χ0) is 17.7. The third-order valence-electron chi connectivity index (χ3n) is 3.15. The van der Waals surface area contributed by atoms with E-state index >= 15 is 0 Å². The van der Waals surface area contributed by atoms with Crippen molar-refractivity contribution in [1.29, 1.82) is 0 Å². The molecule has 1 amide bonds. The average Bonchev–Trinajstić information content (AvgIpc) is 2.46. The van der Waals surface area contributed by atoms with Crippen LogP contribution < -0.4 is 9.62 Å². The average molecular weight is 387 g/mol. The summed E-state index contributed by atoms with van der Waals surface area (Å²) < 4.78 is 25.1. The number of hydrogen-bond acceptors (Lipinski definition) is 3. The summed E-state index contributed by atoms with van der Waals surface area (Å²) in [6.07, 6.45) is 1.08. The Morgan fingerprint density at radius 3 is 2.29 bits per heavy atom. The van der Waals surface area contributed by atoms with Gasteiger partial charge >= 0.3 is 0 Å². The van der Waals surface area contributed by atoms with Gasteiger partial charge in [-0.05, 0) is 36.4 Å². The smallest absolute Gasteiger partial charge is 0.232 e. The van der Waals surface area contributed by atoms with E-state index in [2.05, 4.69) is 5.32 Å². The molecule has 0 aliphatic rings. The van der Waals surface area contributed by atoms with Crippen molar-refractivity contribution in [2.75, 3.05) is 22.4 Å². The summed E-state index contributed by atoms with van der Waals surface area (Å²) in [5, 5.41) is 3.61. The van der Waals surface area contributed by atoms with E-state index in [0.29, 0.717) is 21.4 Å². The maximum absolute atomic E-state index is 12.1. The summed E-state index contributed by atoms with van der Waals surface area (Å²) in [5.74, 6) is -0.312. The number of benzene rings is 2. The number of amides is 1. The maximum atomic E-state index is 12.1. The Kier molecular flexibility index (Phi) is 6.10. The van der Waals surface area contributed by atoms with Crippen molar-refractivity contribution >= 4 is 50.5 Å². The van der Waals surface area contributed by atoms with Gasteiger partial charge in [0, 0.05) is 28.7 Å². The Bertz CT molecular complexity index is 841. The number of carbonyl (C=O) groups is 1. The molecule has 0 bridgehead atoms. The number of halogens is 2. The highest BCUT2D eigenvalue weighted by Gasteiger charge is 2.19. The standard InChI is InChI=1S/C16H16Cl2N2O3S/c1-24(22,23)20(15-7-3-5-13(18)11-15)9-8-16(21)19-14-6-2-4-12(17)10-14/h2-7,10-11H,8-9H2,1H3,(H,19,21). The van der Waals surface area contributed by atoms with Gasteiger partial charge in [0.2, 0.25) is 15.9 Å². The van der Waals surface area contributed by atoms with Gasteiger partial charge in [-0.25, -0.2) is 8.42 Å². The van der Waals surface area contributed by atoms with Crippen molar-refractivity contribution in [2.45, 2.75) is 6.42 Å². The number of nitrogens with one attached hydrogen (secondary N) is 1. The van der Waals surface area contributed by atoms with Gasteiger partial charge in [0.15, 0.2) is 0 Å². The molecule has 0 heterocycles. The van der Waals surface area contributed by atoms with Crippen molar-refractivity contribution in [2.24, 2.45) is 0 Å². The molecule has 5 nitrogen and oxygen atoms in total. The molecule has 0 saturated carbocycles. The summed E-state index contributed by atoms with van der Waals surface area (Å²) in [5.41, 5.74) is 0.974. The van der Waals surface area contributed by atoms with Gasteiger partial charge < -0.3 is 5.32 Å². The molecule has 2 aromatic carbocycles. The fourth-order valence-electron chi connectivity index (χ4n) is 2.11. The first-order valence-corrected chi connectivity index (χ1v) is 9.65. The van der Waals surface area contributed by atoms with Crippen LogP contribution in [0.4, 0.5) is 11.4 Å². The van der Waals surface area contributed by atoms with E-state index in [4.69, 9.17) is 23.2 Å². The number of anilines is 2. The van der Waals surface area contributed by atoms with E-state index in [1.807, 2.05) is 0 Å². The molecule has 0 aliphatic carbocycles. The quantitative estimate of drug-likeness (QED) is 0.820.